The molecule has 0 aliphatic carbocycles. The van der Waals surface area contributed by atoms with Gasteiger partial charge in [-0.25, -0.2) is 0 Å². The molecule has 0 spiro atoms. The summed E-state index contributed by atoms with van der Waals surface area (Å²) in [7, 11) is 0. The molecule has 0 aromatic carbocycles. The molecule has 0 aromatic rings. The Morgan fingerprint density at radius 3 is 0.900 bits per heavy atom. The van der Waals surface area contributed by atoms with Gasteiger partial charge in [-0.2, -0.15) is 0 Å². The third-order valence-electron chi connectivity index (χ3n) is 8.27. The van der Waals surface area contributed by atoms with Gasteiger partial charge >= 0.3 is 0 Å². The second kappa shape index (κ2) is 42.9. The first-order chi connectivity index (χ1) is 19.3. The van der Waals surface area contributed by atoms with Gasteiger partial charge in [-0.3, -0.25) is 0 Å². The third kappa shape index (κ3) is 41.9. The minimum Gasteiger partial charge on any atom is -0.412 e. The van der Waals surface area contributed by atoms with E-state index in [4.69, 9.17) is 5.11 Å². The fourth-order valence-corrected chi connectivity index (χ4v) is 5.41. The van der Waals surface area contributed by atoms with E-state index in [1.165, 1.54) is 192 Å². The van der Waals surface area contributed by atoms with E-state index in [-0.39, 0.29) is 5.48 Å². The number of unbranched alkanes of at least 4 members (excludes halogenated alkanes) is 27. The molecular formula is C38H78O2. The first-order valence-electron chi connectivity index (χ1n) is 18.2. The van der Waals surface area contributed by atoms with Gasteiger partial charge in [-0.05, 0) is 31.3 Å². The maximum absolute atomic E-state index is 8.64. The monoisotopic (exact) mass is 567 g/mol. The molecule has 0 aliphatic rings. The summed E-state index contributed by atoms with van der Waals surface area (Å²) in [6.45, 7) is 10.9. The van der Waals surface area contributed by atoms with Crippen molar-refractivity contribution < 1.29 is 10.6 Å². The van der Waals surface area contributed by atoms with Crippen LogP contribution in [0.4, 0.5) is 0 Å². The van der Waals surface area contributed by atoms with E-state index in [1.54, 1.807) is 0 Å². The molecule has 242 valence electrons. The van der Waals surface area contributed by atoms with Crippen LogP contribution < -0.4 is 0 Å². The SMILES string of the molecule is C=C=C(CC)CCCCCCCCCCCCCCCCC.CCCCCCCCCCCCCCCCO.O. The molecule has 0 heterocycles. The van der Waals surface area contributed by atoms with E-state index in [0.717, 1.165) is 12.8 Å². The Balaban J connectivity index is -0.000000689. The Hall–Kier alpha value is -0.560. The van der Waals surface area contributed by atoms with Crippen molar-refractivity contribution in [3.05, 3.63) is 17.9 Å². The van der Waals surface area contributed by atoms with Crippen molar-refractivity contribution in [3.63, 3.8) is 0 Å². The minimum absolute atomic E-state index is 0. The third-order valence-corrected chi connectivity index (χ3v) is 8.27. The predicted octanol–water partition coefficient (Wildman–Crippen LogP) is 13.0. The summed E-state index contributed by atoms with van der Waals surface area (Å²) in [5.74, 6) is 0. The van der Waals surface area contributed by atoms with Crippen LogP contribution in [0.25, 0.3) is 0 Å². The van der Waals surface area contributed by atoms with Gasteiger partial charge in [-0.15, -0.1) is 5.73 Å². The smallest absolute Gasteiger partial charge is 0.0431 e. The summed E-state index contributed by atoms with van der Waals surface area (Å²) in [5.41, 5.74) is 4.48. The van der Waals surface area contributed by atoms with Gasteiger partial charge < -0.3 is 10.6 Å². The van der Waals surface area contributed by atoms with E-state index in [2.05, 4.69) is 33.1 Å². The highest BCUT2D eigenvalue weighted by molar-refractivity contribution is 4.97. The highest BCUT2D eigenvalue weighted by atomic mass is 16.2. The van der Waals surface area contributed by atoms with Gasteiger partial charge in [-0.1, -0.05) is 201 Å². The summed E-state index contributed by atoms with van der Waals surface area (Å²) < 4.78 is 0. The molecule has 0 rings (SSSR count). The maximum atomic E-state index is 8.64. The van der Waals surface area contributed by atoms with Crippen molar-refractivity contribution in [2.24, 2.45) is 0 Å². The molecule has 0 saturated heterocycles. The van der Waals surface area contributed by atoms with Crippen LogP contribution in [-0.4, -0.2) is 17.2 Å². The Morgan fingerprint density at radius 1 is 0.425 bits per heavy atom. The molecular weight excluding hydrogens is 488 g/mol. The van der Waals surface area contributed by atoms with Crippen LogP contribution in [0.15, 0.2) is 17.9 Å². The molecule has 2 heteroatoms. The molecule has 3 N–H and O–H groups in total. The zero-order valence-electron chi connectivity index (χ0n) is 28.3. The number of allylic oxidation sites excluding steroid dienone is 1. The molecule has 0 fully saturated rings. The number of aliphatic hydroxyl groups is 1. The second-order valence-electron chi connectivity index (χ2n) is 12.2. The van der Waals surface area contributed by atoms with Gasteiger partial charge in [0, 0.05) is 6.61 Å². The Morgan fingerprint density at radius 2 is 0.675 bits per heavy atom. The molecule has 0 saturated carbocycles. The number of rotatable bonds is 31. The zero-order valence-corrected chi connectivity index (χ0v) is 28.3. The average molecular weight is 567 g/mol. The standard InChI is InChI=1S/C22H42.C16H34O.H2O/c1-4-7-8-9-10-11-12-13-14-15-16-17-18-19-20-21-22(5-2)6-3;1-2-3-4-5-6-7-8-9-10-11-12-13-14-15-16-17;/h2,4,6-21H2,1,3H3;17H,2-16H2,1H3;1H2. The van der Waals surface area contributed by atoms with Gasteiger partial charge in [0.05, 0.1) is 0 Å². The summed E-state index contributed by atoms with van der Waals surface area (Å²) in [6.07, 6.45) is 43.1. The van der Waals surface area contributed by atoms with Crippen LogP contribution in [0.5, 0.6) is 0 Å². The van der Waals surface area contributed by atoms with E-state index in [9.17, 15) is 0 Å². The molecule has 0 atom stereocenters. The van der Waals surface area contributed by atoms with E-state index in [0.29, 0.717) is 6.61 Å². The topological polar surface area (TPSA) is 51.7 Å². The van der Waals surface area contributed by atoms with E-state index in [1.807, 2.05) is 0 Å². The zero-order chi connectivity index (χ0) is 28.9. The summed E-state index contributed by atoms with van der Waals surface area (Å²) in [5, 5.41) is 8.64. The number of aliphatic hydroxyl groups excluding tert-OH is 1. The number of hydrogen-bond donors (Lipinski definition) is 1. The lowest BCUT2D eigenvalue weighted by atomic mass is 10.0. The van der Waals surface area contributed by atoms with E-state index >= 15 is 0 Å². The van der Waals surface area contributed by atoms with Crippen molar-refractivity contribution >= 4 is 0 Å². The van der Waals surface area contributed by atoms with Crippen molar-refractivity contribution in [1.29, 1.82) is 0 Å². The second-order valence-corrected chi connectivity index (χ2v) is 12.2. The van der Waals surface area contributed by atoms with Crippen molar-refractivity contribution in [3.8, 4) is 0 Å². The summed E-state index contributed by atoms with van der Waals surface area (Å²) in [4.78, 5) is 0. The molecule has 0 aromatic heterocycles. The van der Waals surface area contributed by atoms with Crippen molar-refractivity contribution in [2.75, 3.05) is 6.61 Å². The van der Waals surface area contributed by atoms with Crippen LogP contribution in [0.2, 0.25) is 0 Å². The van der Waals surface area contributed by atoms with Crippen LogP contribution in [0.1, 0.15) is 220 Å². The molecule has 0 aliphatic heterocycles. The fraction of sp³-hybridized carbons (Fsp3) is 0.921. The molecule has 40 heavy (non-hydrogen) atoms. The first kappa shape index (κ1) is 43.9. The normalized spacial score (nSPS) is 10.5. The summed E-state index contributed by atoms with van der Waals surface area (Å²) >= 11 is 0. The van der Waals surface area contributed by atoms with Crippen LogP contribution in [0.3, 0.4) is 0 Å². The number of hydrogen-bond acceptors (Lipinski definition) is 1. The largest absolute Gasteiger partial charge is 0.412 e. The lowest BCUT2D eigenvalue weighted by molar-refractivity contribution is 0.282. The highest BCUT2D eigenvalue weighted by Crippen LogP contribution is 2.16. The molecule has 0 unspecified atom stereocenters. The van der Waals surface area contributed by atoms with Crippen molar-refractivity contribution in [2.45, 2.75) is 220 Å². The van der Waals surface area contributed by atoms with Crippen molar-refractivity contribution in [1.82, 2.24) is 0 Å². The van der Waals surface area contributed by atoms with Crippen LogP contribution >= 0.6 is 0 Å². The maximum Gasteiger partial charge on any atom is 0.0431 e. The quantitative estimate of drug-likeness (QED) is 0.0658. The Bertz CT molecular complexity index is 452. The molecule has 2 nitrogen and oxygen atoms in total. The average Bonchev–Trinajstić information content (AvgIpc) is 2.96. The lowest BCUT2D eigenvalue weighted by Crippen LogP contribution is -1.84. The van der Waals surface area contributed by atoms with Crippen LogP contribution in [0, 0.1) is 0 Å². The highest BCUT2D eigenvalue weighted by Gasteiger charge is 1.96. The molecule has 0 radical (unpaired) electrons. The first-order valence-corrected chi connectivity index (χ1v) is 18.2. The van der Waals surface area contributed by atoms with Crippen LogP contribution in [-0.2, 0) is 0 Å². The van der Waals surface area contributed by atoms with E-state index < -0.39 is 0 Å². The molecule has 0 amide bonds. The van der Waals surface area contributed by atoms with Gasteiger partial charge in [0.1, 0.15) is 0 Å². The van der Waals surface area contributed by atoms with Gasteiger partial charge in [0.2, 0.25) is 0 Å². The Labute approximate surface area is 254 Å². The predicted molar refractivity (Wildman–Crippen MR) is 184 cm³/mol. The van der Waals surface area contributed by atoms with Gasteiger partial charge in [0.25, 0.3) is 0 Å². The lowest BCUT2D eigenvalue weighted by Gasteiger charge is -2.04. The Kier molecular flexibility index (Phi) is 47.1. The minimum atomic E-state index is 0. The summed E-state index contributed by atoms with van der Waals surface area (Å²) in [6, 6.07) is 0. The molecule has 0 bridgehead atoms. The fourth-order valence-electron chi connectivity index (χ4n) is 5.41. The van der Waals surface area contributed by atoms with Gasteiger partial charge in [0.15, 0.2) is 0 Å².